The van der Waals surface area contributed by atoms with Crippen LogP contribution in [0, 0.1) is 13.8 Å². The first-order valence-corrected chi connectivity index (χ1v) is 8.94. The number of rotatable bonds is 3. The average Bonchev–Trinajstić information content (AvgIpc) is 3.00. The summed E-state index contributed by atoms with van der Waals surface area (Å²) in [7, 11) is 0. The molecule has 3 rings (SSSR count). The van der Waals surface area contributed by atoms with Gasteiger partial charge in [0.05, 0.1) is 4.88 Å². The fraction of sp³-hybridized carbons (Fsp3) is 0.105. The van der Waals surface area contributed by atoms with Gasteiger partial charge in [-0.15, -0.1) is 11.3 Å². The highest BCUT2D eigenvalue weighted by Crippen LogP contribution is 2.30. The molecule has 0 aliphatic rings. The zero-order valence-corrected chi connectivity index (χ0v) is 15.3. The second-order valence-corrected chi connectivity index (χ2v) is 7.27. The van der Waals surface area contributed by atoms with Gasteiger partial charge in [-0.05, 0) is 54.6 Å². The first-order valence-electron chi connectivity index (χ1n) is 7.26. The number of nitrogens with one attached hydrogen (secondary N) is 1. The van der Waals surface area contributed by atoms with E-state index in [-0.39, 0.29) is 5.91 Å². The average molecular weight is 386 g/mol. The number of thiophene rings is 1. The van der Waals surface area contributed by atoms with Crippen LogP contribution in [0.5, 0.6) is 0 Å². The van der Waals surface area contributed by atoms with Gasteiger partial charge in [0, 0.05) is 15.7 Å². The monoisotopic (exact) mass is 385 g/mol. The van der Waals surface area contributed by atoms with Crippen molar-refractivity contribution < 1.29 is 4.79 Å². The topological polar surface area (TPSA) is 29.1 Å². The lowest BCUT2D eigenvalue weighted by Gasteiger charge is -2.09. The van der Waals surface area contributed by atoms with E-state index in [4.69, 9.17) is 0 Å². The Morgan fingerprint density at radius 1 is 1.04 bits per heavy atom. The van der Waals surface area contributed by atoms with Gasteiger partial charge in [-0.3, -0.25) is 4.79 Å². The van der Waals surface area contributed by atoms with Crippen LogP contribution in [0.25, 0.3) is 11.1 Å². The molecule has 116 valence electrons. The van der Waals surface area contributed by atoms with Gasteiger partial charge in [-0.2, -0.15) is 0 Å². The van der Waals surface area contributed by atoms with Crippen molar-refractivity contribution in [1.29, 1.82) is 0 Å². The van der Waals surface area contributed by atoms with Crippen molar-refractivity contribution in [1.82, 2.24) is 0 Å². The summed E-state index contributed by atoms with van der Waals surface area (Å²) in [6.07, 6.45) is 0. The second-order valence-electron chi connectivity index (χ2n) is 5.44. The smallest absolute Gasteiger partial charge is 0.266 e. The third kappa shape index (κ3) is 3.54. The maximum atomic E-state index is 12.7. The first-order chi connectivity index (χ1) is 11.0. The number of aryl methyl sites for hydroxylation is 2. The fourth-order valence-corrected chi connectivity index (χ4v) is 3.68. The Morgan fingerprint density at radius 2 is 1.78 bits per heavy atom. The molecule has 0 saturated carbocycles. The Bertz CT molecular complexity index is 852. The Hall–Kier alpha value is -1.91. The van der Waals surface area contributed by atoms with Crippen LogP contribution in [0.1, 0.15) is 20.8 Å². The third-order valence-corrected chi connectivity index (χ3v) is 5.08. The maximum Gasteiger partial charge on any atom is 0.266 e. The molecule has 3 aromatic rings. The summed E-state index contributed by atoms with van der Waals surface area (Å²) in [6.45, 7) is 4.04. The standard InChI is InChI=1S/C19H16BrNOS/c1-12-3-5-14(6-4-12)16-9-10-23-18(16)19(22)21-17-8-7-15(20)11-13(17)2/h3-11H,1-2H3,(H,21,22). The van der Waals surface area contributed by atoms with E-state index in [2.05, 4.69) is 52.4 Å². The molecule has 0 unspecified atom stereocenters. The number of carbonyl (C=O) groups excluding carboxylic acids is 1. The molecule has 1 heterocycles. The van der Waals surface area contributed by atoms with Crippen LogP contribution in [-0.2, 0) is 0 Å². The first kappa shape index (κ1) is 16.0. The highest BCUT2D eigenvalue weighted by Gasteiger charge is 2.15. The minimum absolute atomic E-state index is 0.0685. The van der Waals surface area contributed by atoms with Gasteiger partial charge in [0.15, 0.2) is 0 Å². The fourth-order valence-electron chi connectivity index (χ4n) is 2.39. The van der Waals surface area contributed by atoms with Crippen molar-refractivity contribution in [2.75, 3.05) is 5.32 Å². The van der Waals surface area contributed by atoms with Crippen molar-refractivity contribution in [2.24, 2.45) is 0 Å². The van der Waals surface area contributed by atoms with Crippen LogP contribution in [-0.4, -0.2) is 5.91 Å². The van der Waals surface area contributed by atoms with Crippen molar-refractivity contribution in [2.45, 2.75) is 13.8 Å². The lowest BCUT2D eigenvalue weighted by atomic mass is 10.0. The molecule has 1 aromatic heterocycles. The molecule has 2 nitrogen and oxygen atoms in total. The largest absolute Gasteiger partial charge is 0.321 e. The number of halogens is 1. The van der Waals surface area contributed by atoms with Gasteiger partial charge < -0.3 is 5.32 Å². The number of anilines is 1. The van der Waals surface area contributed by atoms with E-state index in [1.165, 1.54) is 16.9 Å². The van der Waals surface area contributed by atoms with Crippen LogP contribution in [0.15, 0.2) is 58.4 Å². The summed E-state index contributed by atoms with van der Waals surface area (Å²) < 4.78 is 1.00. The van der Waals surface area contributed by atoms with Crippen molar-refractivity contribution in [3.8, 4) is 11.1 Å². The van der Waals surface area contributed by atoms with Crippen LogP contribution < -0.4 is 5.32 Å². The number of carbonyl (C=O) groups is 1. The van der Waals surface area contributed by atoms with E-state index < -0.39 is 0 Å². The summed E-state index contributed by atoms with van der Waals surface area (Å²) in [4.78, 5) is 13.4. The molecule has 0 aliphatic heterocycles. The normalized spacial score (nSPS) is 10.6. The third-order valence-electron chi connectivity index (χ3n) is 3.67. The zero-order chi connectivity index (χ0) is 16.4. The second kappa shape index (κ2) is 6.69. The summed E-state index contributed by atoms with van der Waals surface area (Å²) in [5.41, 5.74) is 5.11. The van der Waals surface area contributed by atoms with Gasteiger partial charge in [0.25, 0.3) is 5.91 Å². The molecule has 0 bridgehead atoms. The Balaban J connectivity index is 1.89. The highest BCUT2D eigenvalue weighted by atomic mass is 79.9. The SMILES string of the molecule is Cc1ccc(-c2ccsc2C(=O)Nc2ccc(Br)cc2C)cc1. The molecule has 0 fully saturated rings. The predicted octanol–water partition coefficient (Wildman–Crippen LogP) is 6.05. The molecule has 23 heavy (non-hydrogen) atoms. The lowest BCUT2D eigenvalue weighted by molar-refractivity contribution is 0.103. The van der Waals surface area contributed by atoms with Gasteiger partial charge in [0.2, 0.25) is 0 Å². The van der Waals surface area contributed by atoms with Crippen LogP contribution in [0.2, 0.25) is 0 Å². The highest BCUT2D eigenvalue weighted by molar-refractivity contribution is 9.10. The lowest BCUT2D eigenvalue weighted by Crippen LogP contribution is -2.12. The Morgan fingerprint density at radius 3 is 2.48 bits per heavy atom. The predicted molar refractivity (Wildman–Crippen MR) is 101 cm³/mol. The molecule has 4 heteroatoms. The van der Waals surface area contributed by atoms with E-state index in [9.17, 15) is 4.79 Å². The summed E-state index contributed by atoms with van der Waals surface area (Å²) in [6, 6.07) is 16.1. The van der Waals surface area contributed by atoms with Gasteiger partial charge in [-0.1, -0.05) is 45.8 Å². The maximum absolute atomic E-state index is 12.7. The zero-order valence-electron chi connectivity index (χ0n) is 12.9. The molecule has 0 aliphatic carbocycles. The number of hydrogen-bond donors (Lipinski definition) is 1. The minimum Gasteiger partial charge on any atom is -0.321 e. The number of hydrogen-bond acceptors (Lipinski definition) is 2. The molecule has 1 amide bonds. The van der Waals surface area contributed by atoms with Crippen LogP contribution in [0.4, 0.5) is 5.69 Å². The molecule has 0 radical (unpaired) electrons. The molecule has 0 atom stereocenters. The van der Waals surface area contributed by atoms with Crippen LogP contribution in [0.3, 0.4) is 0 Å². The molecule has 0 saturated heterocycles. The minimum atomic E-state index is -0.0685. The molecule has 0 spiro atoms. The quantitative estimate of drug-likeness (QED) is 0.584. The Kier molecular flexibility index (Phi) is 4.64. The molecule has 1 N–H and O–H groups in total. The summed E-state index contributed by atoms with van der Waals surface area (Å²) in [5, 5.41) is 4.97. The number of benzene rings is 2. The van der Waals surface area contributed by atoms with Crippen molar-refractivity contribution in [3.63, 3.8) is 0 Å². The van der Waals surface area contributed by atoms with E-state index in [0.29, 0.717) is 0 Å². The van der Waals surface area contributed by atoms with Crippen molar-refractivity contribution >= 4 is 38.9 Å². The van der Waals surface area contributed by atoms with Crippen molar-refractivity contribution in [3.05, 3.63) is 74.4 Å². The van der Waals surface area contributed by atoms with Gasteiger partial charge >= 0.3 is 0 Å². The van der Waals surface area contributed by atoms with E-state index >= 15 is 0 Å². The van der Waals surface area contributed by atoms with Crippen LogP contribution >= 0.6 is 27.3 Å². The molecular weight excluding hydrogens is 370 g/mol. The summed E-state index contributed by atoms with van der Waals surface area (Å²) >= 11 is 4.90. The molecular formula is C19H16BrNOS. The summed E-state index contributed by atoms with van der Waals surface area (Å²) in [5.74, 6) is -0.0685. The Labute approximate surface area is 148 Å². The molecule has 2 aromatic carbocycles. The van der Waals surface area contributed by atoms with Gasteiger partial charge in [0.1, 0.15) is 0 Å². The van der Waals surface area contributed by atoms with Gasteiger partial charge in [-0.25, -0.2) is 0 Å². The van der Waals surface area contributed by atoms with E-state index in [1.54, 1.807) is 0 Å². The number of amides is 1. The van der Waals surface area contributed by atoms with E-state index in [1.807, 2.05) is 36.6 Å². The van der Waals surface area contributed by atoms with E-state index in [0.717, 1.165) is 31.7 Å².